The predicted octanol–water partition coefficient (Wildman–Crippen LogP) is 4.38. The summed E-state index contributed by atoms with van der Waals surface area (Å²) in [6.45, 7) is 1.11. The van der Waals surface area contributed by atoms with Gasteiger partial charge >= 0.3 is 0 Å². The Morgan fingerprint density at radius 3 is 2.23 bits per heavy atom. The number of fused-ring (bicyclic) bond motifs is 1. The largest absolute Gasteiger partial charge is 0.507 e. The molecule has 0 atom stereocenters. The van der Waals surface area contributed by atoms with Gasteiger partial charge in [-0.15, -0.1) is 0 Å². The van der Waals surface area contributed by atoms with Gasteiger partial charge in [-0.25, -0.2) is 0 Å². The molecular formula is C20H23NO. The van der Waals surface area contributed by atoms with E-state index in [4.69, 9.17) is 0 Å². The highest BCUT2D eigenvalue weighted by atomic mass is 16.3. The third-order valence-electron chi connectivity index (χ3n) is 3.50. The highest BCUT2D eigenvalue weighted by molar-refractivity contribution is 5.87. The average molecular weight is 293 g/mol. The van der Waals surface area contributed by atoms with E-state index in [1.54, 1.807) is 6.07 Å². The zero-order chi connectivity index (χ0) is 15.6. The van der Waals surface area contributed by atoms with Crippen molar-refractivity contribution in [2.45, 2.75) is 12.8 Å². The molecule has 114 valence electrons. The SMILES string of the molecule is CNCCCc1ccccc1.Oc1cccc2ccccc12. The van der Waals surface area contributed by atoms with Crippen LogP contribution in [0, 0.1) is 0 Å². The van der Waals surface area contributed by atoms with Crippen LogP contribution < -0.4 is 5.32 Å². The molecule has 2 nitrogen and oxygen atoms in total. The molecule has 2 heteroatoms. The highest BCUT2D eigenvalue weighted by Crippen LogP contribution is 2.22. The van der Waals surface area contributed by atoms with Gasteiger partial charge < -0.3 is 10.4 Å². The average Bonchev–Trinajstić information content (AvgIpc) is 2.57. The zero-order valence-electron chi connectivity index (χ0n) is 13.0. The van der Waals surface area contributed by atoms with Gasteiger partial charge in [0.2, 0.25) is 0 Å². The zero-order valence-corrected chi connectivity index (χ0v) is 13.0. The molecule has 0 saturated heterocycles. The number of nitrogens with one attached hydrogen (secondary N) is 1. The molecule has 3 rings (SSSR count). The first kappa shape index (κ1) is 16.1. The first-order chi connectivity index (χ1) is 10.8. The molecule has 0 radical (unpaired) electrons. The minimum Gasteiger partial charge on any atom is -0.507 e. The Balaban J connectivity index is 0.000000160. The van der Waals surface area contributed by atoms with Crippen molar-refractivity contribution in [2.75, 3.05) is 13.6 Å². The summed E-state index contributed by atoms with van der Waals surface area (Å²) in [7, 11) is 1.99. The van der Waals surface area contributed by atoms with Gasteiger partial charge in [0.05, 0.1) is 0 Å². The van der Waals surface area contributed by atoms with Crippen LogP contribution in [0.25, 0.3) is 10.8 Å². The van der Waals surface area contributed by atoms with Gasteiger partial charge in [-0.1, -0.05) is 66.7 Å². The summed E-state index contributed by atoms with van der Waals surface area (Å²) in [6.07, 6.45) is 2.40. The van der Waals surface area contributed by atoms with E-state index in [1.165, 1.54) is 18.4 Å². The topological polar surface area (TPSA) is 32.3 Å². The van der Waals surface area contributed by atoms with Crippen LogP contribution in [-0.2, 0) is 6.42 Å². The van der Waals surface area contributed by atoms with E-state index in [0.29, 0.717) is 5.75 Å². The summed E-state index contributed by atoms with van der Waals surface area (Å²) in [5.74, 6) is 0.350. The van der Waals surface area contributed by atoms with E-state index in [9.17, 15) is 5.11 Å². The van der Waals surface area contributed by atoms with Gasteiger partial charge in [0, 0.05) is 5.39 Å². The van der Waals surface area contributed by atoms with E-state index in [0.717, 1.165) is 17.3 Å². The van der Waals surface area contributed by atoms with E-state index < -0.39 is 0 Å². The quantitative estimate of drug-likeness (QED) is 0.699. The second kappa shape index (κ2) is 8.85. The van der Waals surface area contributed by atoms with Gasteiger partial charge in [0.25, 0.3) is 0 Å². The summed E-state index contributed by atoms with van der Waals surface area (Å²) in [5, 5.41) is 14.5. The summed E-state index contributed by atoms with van der Waals surface area (Å²) >= 11 is 0. The molecule has 0 bridgehead atoms. The van der Waals surface area contributed by atoms with Crippen LogP contribution in [0.5, 0.6) is 5.75 Å². The lowest BCUT2D eigenvalue weighted by Crippen LogP contribution is -2.08. The minimum atomic E-state index is 0.350. The van der Waals surface area contributed by atoms with Crippen LogP contribution in [0.3, 0.4) is 0 Å². The maximum atomic E-state index is 9.37. The smallest absolute Gasteiger partial charge is 0.123 e. The fourth-order valence-electron chi connectivity index (χ4n) is 2.32. The molecular weight excluding hydrogens is 270 g/mol. The molecule has 0 saturated carbocycles. The monoisotopic (exact) mass is 293 g/mol. The minimum absolute atomic E-state index is 0.350. The van der Waals surface area contributed by atoms with Crippen LogP contribution >= 0.6 is 0 Å². The predicted molar refractivity (Wildman–Crippen MR) is 94.3 cm³/mol. The van der Waals surface area contributed by atoms with E-state index >= 15 is 0 Å². The summed E-state index contributed by atoms with van der Waals surface area (Å²) in [5.41, 5.74) is 1.43. The summed E-state index contributed by atoms with van der Waals surface area (Å²) < 4.78 is 0. The molecule has 3 aromatic rings. The molecule has 0 aromatic heterocycles. The van der Waals surface area contributed by atoms with Crippen molar-refractivity contribution in [1.29, 1.82) is 0 Å². The fourth-order valence-corrected chi connectivity index (χ4v) is 2.32. The van der Waals surface area contributed by atoms with Gasteiger partial charge in [-0.3, -0.25) is 0 Å². The van der Waals surface area contributed by atoms with E-state index in [-0.39, 0.29) is 0 Å². The number of phenolic OH excluding ortho intramolecular Hbond substituents is 1. The summed E-state index contributed by atoms with van der Waals surface area (Å²) in [4.78, 5) is 0. The fraction of sp³-hybridized carbons (Fsp3) is 0.200. The molecule has 3 aromatic carbocycles. The Morgan fingerprint density at radius 1 is 0.818 bits per heavy atom. The van der Waals surface area contributed by atoms with Gasteiger partial charge in [-0.05, 0) is 43.5 Å². The normalized spacial score (nSPS) is 10.0. The maximum absolute atomic E-state index is 9.37. The Hall–Kier alpha value is -2.32. The number of rotatable bonds is 4. The van der Waals surface area contributed by atoms with Crippen LogP contribution in [0.2, 0.25) is 0 Å². The number of aryl methyl sites for hydroxylation is 1. The Kier molecular flexibility index (Phi) is 6.46. The van der Waals surface area contributed by atoms with Gasteiger partial charge in [0.1, 0.15) is 5.75 Å². The van der Waals surface area contributed by atoms with E-state index in [2.05, 4.69) is 35.6 Å². The molecule has 0 spiro atoms. The highest BCUT2D eigenvalue weighted by Gasteiger charge is 1.94. The van der Waals surface area contributed by atoms with Crippen molar-refractivity contribution in [3.8, 4) is 5.75 Å². The molecule has 0 aliphatic heterocycles. The van der Waals surface area contributed by atoms with Crippen LogP contribution in [0.4, 0.5) is 0 Å². The lowest BCUT2D eigenvalue weighted by molar-refractivity contribution is 0.481. The third-order valence-corrected chi connectivity index (χ3v) is 3.50. The maximum Gasteiger partial charge on any atom is 0.123 e. The molecule has 0 aliphatic rings. The molecule has 0 heterocycles. The van der Waals surface area contributed by atoms with Crippen molar-refractivity contribution in [3.63, 3.8) is 0 Å². The number of phenols is 1. The number of hydrogen-bond acceptors (Lipinski definition) is 2. The molecule has 2 N–H and O–H groups in total. The van der Waals surface area contributed by atoms with Gasteiger partial charge in [0.15, 0.2) is 0 Å². The number of hydrogen-bond donors (Lipinski definition) is 2. The lowest BCUT2D eigenvalue weighted by atomic mass is 10.1. The van der Waals surface area contributed by atoms with Crippen molar-refractivity contribution in [3.05, 3.63) is 78.4 Å². The molecule has 0 fully saturated rings. The molecule has 22 heavy (non-hydrogen) atoms. The summed E-state index contributed by atoms with van der Waals surface area (Å²) in [6, 6.07) is 23.9. The first-order valence-corrected chi connectivity index (χ1v) is 7.66. The second-order valence-corrected chi connectivity index (χ2v) is 5.19. The van der Waals surface area contributed by atoms with Crippen molar-refractivity contribution in [1.82, 2.24) is 5.32 Å². The van der Waals surface area contributed by atoms with Crippen LogP contribution in [0.1, 0.15) is 12.0 Å². The molecule has 0 aliphatic carbocycles. The number of aromatic hydroxyl groups is 1. The van der Waals surface area contributed by atoms with Crippen molar-refractivity contribution >= 4 is 10.8 Å². The first-order valence-electron chi connectivity index (χ1n) is 7.66. The molecule has 0 amide bonds. The third kappa shape index (κ3) is 4.90. The lowest BCUT2D eigenvalue weighted by Gasteiger charge is -1.99. The van der Waals surface area contributed by atoms with Crippen molar-refractivity contribution in [2.24, 2.45) is 0 Å². The van der Waals surface area contributed by atoms with Crippen molar-refractivity contribution < 1.29 is 5.11 Å². The Morgan fingerprint density at radius 2 is 1.50 bits per heavy atom. The van der Waals surface area contributed by atoms with Crippen LogP contribution in [0.15, 0.2) is 72.8 Å². The van der Waals surface area contributed by atoms with Crippen LogP contribution in [-0.4, -0.2) is 18.7 Å². The van der Waals surface area contributed by atoms with Gasteiger partial charge in [-0.2, -0.15) is 0 Å². The number of benzene rings is 3. The Bertz CT molecular complexity index is 674. The second-order valence-electron chi connectivity index (χ2n) is 5.19. The van der Waals surface area contributed by atoms with E-state index in [1.807, 2.05) is 43.4 Å². The Labute approximate surface area is 132 Å². The molecule has 0 unspecified atom stereocenters. The standard InChI is InChI=1S/C10H15N.C10H8O/c1-11-9-5-8-10-6-3-2-4-7-10;11-10-7-3-5-8-4-1-2-6-9(8)10/h2-4,6-7,11H,5,8-9H2,1H3;1-7,11H.